The van der Waals surface area contributed by atoms with Crippen molar-refractivity contribution in [2.24, 2.45) is 16.7 Å². The van der Waals surface area contributed by atoms with E-state index >= 15 is 0 Å². The van der Waals surface area contributed by atoms with E-state index in [4.69, 9.17) is 0 Å². The van der Waals surface area contributed by atoms with Gasteiger partial charge in [0, 0.05) is 12.8 Å². The van der Waals surface area contributed by atoms with Crippen molar-refractivity contribution in [1.29, 1.82) is 0 Å². The van der Waals surface area contributed by atoms with Gasteiger partial charge in [0.1, 0.15) is 5.78 Å². The first-order valence-corrected chi connectivity index (χ1v) is 6.18. The van der Waals surface area contributed by atoms with Crippen LogP contribution in [0.5, 0.6) is 0 Å². The van der Waals surface area contributed by atoms with Crippen LogP contribution in [0.3, 0.4) is 0 Å². The van der Waals surface area contributed by atoms with E-state index in [2.05, 4.69) is 20.8 Å². The summed E-state index contributed by atoms with van der Waals surface area (Å²) in [7, 11) is 0. The molecule has 1 spiro atoms. The summed E-state index contributed by atoms with van der Waals surface area (Å²) < 4.78 is 0. The van der Waals surface area contributed by atoms with Crippen molar-refractivity contribution in [3.63, 3.8) is 0 Å². The molecular formula is C14H20O. The van der Waals surface area contributed by atoms with E-state index in [1.807, 2.05) is 0 Å². The molecule has 0 heterocycles. The zero-order valence-corrected chi connectivity index (χ0v) is 10.0. The molecule has 2 atom stereocenters. The van der Waals surface area contributed by atoms with Gasteiger partial charge in [-0.1, -0.05) is 25.0 Å². The lowest BCUT2D eigenvalue weighted by molar-refractivity contribution is -0.117. The molecule has 15 heavy (non-hydrogen) atoms. The minimum Gasteiger partial charge on any atom is -0.299 e. The molecule has 0 N–H and O–H groups in total. The lowest BCUT2D eigenvalue weighted by atomic mass is 9.62. The third-order valence-electron chi connectivity index (χ3n) is 5.60. The molecule has 0 amide bonds. The van der Waals surface area contributed by atoms with Crippen molar-refractivity contribution in [3.8, 4) is 0 Å². The molecule has 1 heteroatoms. The summed E-state index contributed by atoms with van der Waals surface area (Å²) in [5.74, 6) is 1.31. The Morgan fingerprint density at radius 1 is 1.33 bits per heavy atom. The maximum absolute atomic E-state index is 11.7. The number of Topliss-reactive ketones (excluding diaryl/α,β-unsaturated/α-hetero) is 1. The summed E-state index contributed by atoms with van der Waals surface area (Å²) in [5.41, 5.74) is 3.76. The van der Waals surface area contributed by atoms with Gasteiger partial charge >= 0.3 is 0 Å². The van der Waals surface area contributed by atoms with Crippen molar-refractivity contribution in [3.05, 3.63) is 11.1 Å². The maximum atomic E-state index is 11.7. The Balaban J connectivity index is 2.19. The fourth-order valence-corrected chi connectivity index (χ4v) is 4.33. The van der Waals surface area contributed by atoms with Crippen molar-refractivity contribution in [2.75, 3.05) is 0 Å². The minimum absolute atomic E-state index is 0.335. The topological polar surface area (TPSA) is 17.1 Å². The molecule has 0 aromatic carbocycles. The van der Waals surface area contributed by atoms with Gasteiger partial charge in [-0.2, -0.15) is 0 Å². The highest BCUT2D eigenvalue weighted by atomic mass is 16.1. The van der Waals surface area contributed by atoms with Gasteiger partial charge in [-0.25, -0.2) is 0 Å². The van der Waals surface area contributed by atoms with Gasteiger partial charge in [-0.3, -0.25) is 4.79 Å². The van der Waals surface area contributed by atoms with Crippen molar-refractivity contribution in [1.82, 2.24) is 0 Å². The Labute approximate surface area is 91.9 Å². The fraction of sp³-hybridized carbons (Fsp3) is 0.786. The molecule has 82 valence electrons. The van der Waals surface area contributed by atoms with Crippen LogP contribution in [-0.4, -0.2) is 5.78 Å². The van der Waals surface area contributed by atoms with Gasteiger partial charge in [0.25, 0.3) is 0 Å². The van der Waals surface area contributed by atoms with E-state index in [-0.39, 0.29) is 0 Å². The number of hydrogen-bond donors (Lipinski definition) is 0. The van der Waals surface area contributed by atoms with E-state index < -0.39 is 0 Å². The Morgan fingerprint density at radius 3 is 2.80 bits per heavy atom. The van der Waals surface area contributed by atoms with Gasteiger partial charge in [0.2, 0.25) is 0 Å². The number of allylic oxidation sites excluding steroid dienone is 2. The Bertz CT molecular complexity index is 375. The van der Waals surface area contributed by atoms with E-state index in [9.17, 15) is 4.79 Å². The van der Waals surface area contributed by atoms with Gasteiger partial charge in [-0.15, -0.1) is 0 Å². The van der Waals surface area contributed by atoms with Gasteiger partial charge in [0.15, 0.2) is 0 Å². The quantitative estimate of drug-likeness (QED) is 0.552. The molecule has 3 aliphatic carbocycles. The second kappa shape index (κ2) is 2.56. The Morgan fingerprint density at radius 2 is 2.07 bits per heavy atom. The smallest absolute Gasteiger partial charge is 0.137 e. The highest BCUT2D eigenvalue weighted by molar-refractivity contribution is 5.86. The molecule has 1 nitrogen and oxygen atoms in total. The van der Waals surface area contributed by atoms with Crippen LogP contribution in [0.15, 0.2) is 11.1 Å². The molecule has 2 bridgehead atoms. The van der Waals surface area contributed by atoms with Crippen molar-refractivity contribution < 1.29 is 4.79 Å². The number of carbonyl (C=O) groups excluding carboxylic acids is 1. The fourth-order valence-electron chi connectivity index (χ4n) is 4.33. The first-order valence-electron chi connectivity index (χ1n) is 6.18. The predicted molar refractivity (Wildman–Crippen MR) is 60.5 cm³/mol. The summed E-state index contributed by atoms with van der Waals surface area (Å²) in [6.07, 6.45) is 5.52. The van der Waals surface area contributed by atoms with E-state index in [1.54, 1.807) is 5.57 Å². The summed E-state index contributed by atoms with van der Waals surface area (Å²) in [6.45, 7) is 7.02. The summed E-state index contributed by atoms with van der Waals surface area (Å²) >= 11 is 0. The van der Waals surface area contributed by atoms with Crippen LogP contribution in [-0.2, 0) is 4.79 Å². The van der Waals surface area contributed by atoms with Crippen LogP contribution in [0.1, 0.15) is 52.9 Å². The molecule has 2 unspecified atom stereocenters. The molecule has 0 saturated heterocycles. The predicted octanol–water partition coefficient (Wildman–Crippen LogP) is 3.49. The lowest BCUT2D eigenvalue weighted by Crippen LogP contribution is -2.32. The SMILES string of the molecule is CC1=C2CC(=O)CC23CCC(C3)C1(C)C. The van der Waals surface area contributed by atoms with Crippen LogP contribution < -0.4 is 0 Å². The lowest BCUT2D eigenvalue weighted by Gasteiger charge is -2.42. The van der Waals surface area contributed by atoms with Crippen LogP contribution in [0.25, 0.3) is 0 Å². The van der Waals surface area contributed by atoms with Crippen LogP contribution >= 0.6 is 0 Å². The van der Waals surface area contributed by atoms with E-state index in [1.165, 1.54) is 24.8 Å². The molecular weight excluding hydrogens is 184 g/mol. The maximum Gasteiger partial charge on any atom is 0.137 e. The van der Waals surface area contributed by atoms with Crippen molar-refractivity contribution in [2.45, 2.75) is 52.9 Å². The molecule has 0 aromatic heterocycles. The largest absolute Gasteiger partial charge is 0.299 e. The summed E-state index contributed by atoms with van der Waals surface area (Å²) in [6, 6.07) is 0. The van der Waals surface area contributed by atoms with E-state index in [0.29, 0.717) is 16.6 Å². The highest BCUT2D eigenvalue weighted by Gasteiger charge is 2.56. The van der Waals surface area contributed by atoms with Crippen LogP contribution in [0.2, 0.25) is 0 Å². The Hall–Kier alpha value is -0.590. The monoisotopic (exact) mass is 204 g/mol. The average Bonchev–Trinajstić information content (AvgIpc) is 2.68. The molecule has 0 aromatic rings. The highest BCUT2D eigenvalue weighted by Crippen LogP contribution is 2.65. The Kier molecular flexibility index (Phi) is 1.64. The molecule has 2 saturated carbocycles. The third kappa shape index (κ3) is 1.02. The van der Waals surface area contributed by atoms with E-state index in [0.717, 1.165) is 18.8 Å². The standard InChI is InChI=1S/C14H20O/c1-9-12-6-11(15)8-14(12)5-4-10(7-14)13(9,2)3/h10H,4-8H2,1-3H3. The number of fused-ring (bicyclic) bond motifs is 1. The number of ketones is 1. The second-order valence-corrected chi connectivity index (χ2v) is 6.44. The normalized spacial score (nSPS) is 42.3. The molecule has 3 rings (SSSR count). The van der Waals surface area contributed by atoms with Crippen LogP contribution in [0, 0.1) is 16.7 Å². The zero-order chi connectivity index (χ0) is 10.8. The molecule has 0 aliphatic heterocycles. The summed E-state index contributed by atoms with van der Waals surface area (Å²) in [4.78, 5) is 11.7. The first-order chi connectivity index (χ1) is 6.96. The average molecular weight is 204 g/mol. The second-order valence-electron chi connectivity index (χ2n) is 6.44. The number of carbonyl (C=O) groups is 1. The van der Waals surface area contributed by atoms with Crippen LogP contribution in [0.4, 0.5) is 0 Å². The third-order valence-corrected chi connectivity index (χ3v) is 5.60. The number of hydrogen-bond acceptors (Lipinski definition) is 1. The summed E-state index contributed by atoms with van der Waals surface area (Å²) in [5, 5.41) is 0. The van der Waals surface area contributed by atoms with Gasteiger partial charge < -0.3 is 0 Å². The first kappa shape index (κ1) is 9.62. The van der Waals surface area contributed by atoms with Gasteiger partial charge in [-0.05, 0) is 42.9 Å². The number of rotatable bonds is 0. The molecule has 2 fully saturated rings. The minimum atomic E-state index is 0.335. The molecule has 3 aliphatic rings. The van der Waals surface area contributed by atoms with Gasteiger partial charge in [0.05, 0.1) is 0 Å². The van der Waals surface area contributed by atoms with Crippen molar-refractivity contribution >= 4 is 5.78 Å². The molecule has 0 radical (unpaired) electrons. The zero-order valence-electron chi connectivity index (χ0n) is 10.0.